The molecule has 10 heteroatoms. The summed E-state index contributed by atoms with van der Waals surface area (Å²) in [5, 5.41) is 0. The molecule has 0 saturated carbocycles. The molecule has 0 bridgehead atoms. The SMILES string of the molecule is CCCCCS(=O)(=O)NC(=O)C=Cc1ccc(OCCOC)cc1Oc1ncc(N)cc1C. The molecule has 0 aliphatic heterocycles. The number of unbranched alkanes of at least 4 members (excludes halogenated alkanes) is 2. The number of hydrogen-bond donors (Lipinski definition) is 2. The minimum Gasteiger partial charge on any atom is -0.491 e. The summed E-state index contributed by atoms with van der Waals surface area (Å²) in [6.07, 6.45) is 6.27. The third-order valence-electron chi connectivity index (χ3n) is 4.49. The lowest BCUT2D eigenvalue weighted by Crippen LogP contribution is -2.31. The van der Waals surface area contributed by atoms with Crippen LogP contribution in [0, 0.1) is 6.92 Å². The number of nitrogens with zero attached hydrogens (tertiary/aromatic N) is 1. The molecule has 2 rings (SSSR count). The summed E-state index contributed by atoms with van der Waals surface area (Å²) in [5.41, 5.74) is 7.53. The van der Waals surface area contributed by atoms with Crippen LogP contribution in [-0.2, 0) is 19.6 Å². The molecular formula is C23H31N3O6S. The Balaban J connectivity index is 2.22. The van der Waals surface area contributed by atoms with Gasteiger partial charge >= 0.3 is 0 Å². The van der Waals surface area contributed by atoms with Gasteiger partial charge in [-0.25, -0.2) is 18.1 Å². The number of nitrogens with two attached hydrogens (primary N) is 1. The lowest BCUT2D eigenvalue weighted by molar-refractivity contribution is -0.114. The van der Waals surface area contributed by atoms with E-state index in [1.54, 1.807) is 31.4 Å². The fraction of sp³-hybridized carbons (Fsp3) is 0.391. The van der Waals surface area contributed by atoms with E-state index in [1.165, 1.54) is 12.3 Å². The average molecular weight is 478 g/mol. The Kier molecular flexibility index (Phi) is 10.1. The second-order valence-electron chi connectivity index (χ2n) is 7.36. The Labute approximate surface area is 195 Å². The number of carbonyl (C=O) groups excluding carboxylic acids is 1. The van der Waals surface area contributed by atoms with Gasteiger partial charge in [-0.1, -0.05) is 19.8 Å². The van der Waals surface area contributed by atoms with Crippen molar-refractivity contribution >= 4 is 27.7 Å². The first-order valence-corrected chi connectivity index (χ1v) is 12.3. The van der Waals surface area contributed by atoms with Gasteiger partial charge in [-0.05, 0) is 37.6 Å². The maximum Gasteiger partial charge on any atom is 0.257 e. The molecule has 1 aromatic carbocycles. The summed E-state index contributed by atoms with van der Waals surface area (Å²) < 4.78 is 42.7. The zero-order valence-electron chi connectivity index (χ0n) is 19.2. The van der Waals surface area contributed by atoms with Crippen LogP contribution in [0.1, 0.15) is 37.3 Å². The smallest absolute Gasteiger partial charge is 0.257 e. The molecule has 1 amide bonds. The number of nitrogen functional groups attached to an aromatic ring is 1. The summed E-state index contributed by atoms with van der Waals surface area (Å²) in [5.74, 6) is 0.426. The minimum absolute atomic E-state index is 0.0929. The lowest BCUT2D eigenvalue weighted by Gasteiger charge is -2.13. The molecule has 2 aromatic rings. The number of hydrogen-bond acceptors (Lipinski definition) is 8. The third kappa shape index (κ3) is 9.11. The Morgan fingerprint density at radius 3 is 2.70 bits per heavy atom. The van der Waals surface area contributed by atoms with Gasteiger partial charge in [0.2, 0.25) is 15.9 Å². The molecule has 0 radical (unpaired) electrons. The van der Waals surface area contributed by atoms with Gasteiger partial charge < -0.3 is 19.9 Å². The number of carbonyl (C=O) groups is 1. The average Bonchev–Trinajstić information content (AvgIpc) is 2.75. The van der Waals surface area contributed by atoms with Crippen LogP contribution in [0.25, 0.3) is 6.08 Å². The molecule has 0 fully saturated rings. The highest BCUT2D eigenvalue weighted by atomic mass is 32.2. The minimum atomic E-state index is -3.68. The van der Waals surface area contributed by atoms with Crippen molar-refractivity contribution in [1.29, 1.82) is 0 Å². The van der Waals surface area contributed by atoms with E-state index in [2.05, 4.69) is 9.71 Å². The van der Waals surface area contributed by atoms with Crippen LogP contribution in [0.3, 0.4) is 0 Å². The topological polar surface area (TPSA) is 130 Å². The predicted octanol–water partition coefficient (Wildman–Crippen LogP) is 3.44. The van der Waals surface area contributed by atoms with Gasteiger partial charge in [-0.15, -0.1) is 0 Å². The van der Waals surface area contributed by atoms with Gasteiger partial charge in [0, 0.05) is 30.4 Å². The third-order valence-corrected chi connectivity index (χ3v) is 5.82. The van der Waals surface area contributed by atoms with Gasteiger partial charge in [0.25, 0.3) is 5.91 Å². The molecule has 0 spiro atoms. The van der Waals surface area contributed by atoms with Crippen LogP contribution in [0.4, 0.5) is 5.69 Å². The molecule has 33 heavy (non-hydrogen) atoms. The number of amides is 1. The first-order valence-electron chi connectivity index (χ1n) is 10.6. The fourth-order valence-electron chi connectivity index (χ4n) is 2.81. The summed E-state index contributed by atoms with van der Waals surface area (Å²) in [6.45, 7) is 4.55. The quantitative estimate of drug-likeness (QED) is 0.331. The highest BCUT2D eigenvalue weighted by Crippen LogP contribution is 2.31. The van der Waals surface area contributed by atoms with Crippen LogP contribution in [-0.4, -0.2) is 45.4 Å². The maximum atomic E-state index is 12.2. The van der Waals surface area contributed by atoms with Crippen molar-refractivity contribution < 1.29 is 27.4 Å². The number of aromatic nitrogens is 1. The summed E-state index contributed by atoms with van der Waals surface area (Å²) in [4.78, 5) is 16.4. The van der Waals surface area contributed by atoms with E-state index in [0.717, 1.165) is 24.5 Å². The van der Waals surface area contributed by atoms with Gasteiger partial charge in [0.1, 0.15) is 18.1 Å². The number of pyridine rings is 1. The zero-order chi connectivity index (χ0) is 24.3. The van der Waals surface area contributed by atoms with Gasteiger partial charge in [0.15, 0.2) is 0 Å². The Hall–Kier alpha value is -3.11. The first-order chi connectivity index (χ1) is 15.7. The fourth-order valence-corrected chi connectivity index (χ4v) is 3.88. The normalized spacial score (nSPS) is 11.5. The summed E-state index contributed by atoms with van der Waals surface area (Å²) in [7, 11) is -2.10. The molecule has 0 unspecified atom stereocenters. The van der Waals surface area contributed by atoms with Crippen LogP contribution >= 0.6 is 0 Å². The molecule has 1 heterocycles. The summed E-state index contributed by atoms with van der Waals surface area (Å²) >= 11 is 0. The van der Waals surface area contributed by atoms with E-state index >= 15 is 0 Å². The van der Waals surface area contributed by atoms with Crippen LogP contribution in [0.15, 0.2) is 36.5 Å². The lowest BCUT2D eigenvalue weighted by atomic mass is 10.1. The molecular weight excluding hydrogens is 446 g/mol. The second kappa shape index (κ2) is 12.8. The Morgan fingerprint density at radius 1 is 1.21 bits per heavy atom. The molecule has 0 aliphatic carbocycles. The molecule has 9 nitrogen and oxygen atoms in total. The zero-order valence-corrected chi connectivity index (χ0v) is 20.0. The van der Waals surface area contributed by atoms with Crippen LogP contribution < -0.4 is 19.9 Å². The number of benzene rings is 1. The van der Waals surface area contributed by atoms with Crippen molar-refractivity contribution in [3.63, 3.8) is 0 Å². The van der Waals surface area contributed by atoms with Crippen LogP contribution in [0.2, 0.25) is 0 Å². The number of sulfonamides is 1. The van der Waals surface area contributed by atoms with E-state index in [9.17, 15) is 13.2 Å². The summed E-state index contributed by atoms with van der Waals surface area (Å²) in [6, 6.07) is 6.80. The number of rotatable bonds is 13. The number of methoxy groups -OCH3 is 1. The van der Waals surface area contributed by atoms with E-state index in [-0.39, 0.29) is 5.75 Å². The van der Waals surface area contributed by atoms with E-state index in [4.69, 9.17) is 19.9 Å². The standard InChI is InChI=1S/C23H31N3O6S/c1-4-5-6-13-33(28,29)26-22(27)10-8-18-7-9-20(31-12-11-30-3)15-21(18)32-23-17(2)14-19(24)16-25-23/h7-10,14-16H,4-6,11-13,24H2,1-3H3,(H,26,27). The highest BCUT2D eigenvalue weighted by Gasteiger charge is 2.13. The van der Waals surface area contributed by atoms with Crippen molar-refractivity contribution in [1.82, 2.24) is 9.71 Å². The molecule has 0 atom stereocenters. The van der Waals surface area contributed by atoms with Crippen molar-refractivity contribution in [2.45, 2.75) is 33.1 Å². The van der Waals surface area contributed by atoms with Crippen molar-refractivity contribution in [3.8, 4) is 17.4 Å². The number of ether oxygens (including phenoxy) is 3. The van der Waals surface area contributed by atoms with E-state index in [1.807, 2.05) is 13.8 Å². The predicted molar refractivity (Wildman–Crippen MR) is 128 cm³/mol. The molecule has 0 saturated heterocycles. The highest BCUT2D eigenvalue weighted by molar-refractivity contribution is 7.90. The second-order valence-corrected chi connectivity index (χ2v) is 9.20. The van der Waals surface area contributed by atoms with E-state index in [0.29, 0.717) is 48.3 Å². The first kappa shape index (κ1) is 26.1. The number of anilines is 1. The van der Waals surface area contributed by atoms with Gasteiger partial charge in [-0.2, -0.15) is 0 Å². The number of nitrogens with one attached hydrogen (secondary N) is 1. The largest absolute Gasteiger partial charge is 0.491 e. The molecule has 0 aliphatic rings. The monoisotopic (exact) mass is 477 g/mol. The van der Waals surface area contributed by atoms with Gasteiger partial charge in [0.05, 0.1) is 24.2 Å². The molecule has 1 aromatic heterocycles. The molecule has 3 N–H and O–H groups in total. The Morgan fingerprint density at radius 2 is 2.00 bits per heavy atom. The van der Waals surface area contributed by atoms with Gasteiger partial charge in [-0.3, -0.25) is 4.79 Å². The van der Waals surface area contributed by atoms with Crippen molar-refractivity contribution in [3.05, 3.63) is 47.7 Å². The van der Waals surface area contributed by atoms with Crippen molar-refractivity contribution in [2.75, 3.05) is 31.8 Å². The van der Waals surface area contributed by atoms with Crippen molar-refractivity contribution in [2.24, 2.45) is 0 Å². The molecule has 180 valence electrons. The van der Waals surface area contributed by atoms with Crippen LogP contribution in [0.5, 0.6) is 17.4 Å². The maximum absolute atomic E-state index is 12.2. The van der Waals surface area contributed by atoms with E-state index < -0.39 is 15.9 Å². The number of aryl methyl sites for hydroxylation is 1. The Bertz CT molecular complexity index is 1070.